The Morgan fingerprint density at radius 2 is 1.71 bits per heavy atom. The van der Waals surface area contributed by atoms with E-state index in [1.807, 2.05) is 0 Å². The minimum absolute atomic E-state index is 0. The Morgan fingerprint density at radius 1 is 1.09 bits per heavy atom. The fourth-order valence-electron chi connectivity index (χ4n) is 2.70. The maximum Gasteiger partial charge on any atom is 0.490 e. The largest absolute Gasteiger partial charge is 0.490 e. The van der Waals surface area contributed by atoms with Crippen molar-refractivity contribution in [3.05, 3.63) is 16.7 Å². The van der Waals surface area contributed by atoms with E-state index in [0.717, 1.165) is 10.9 Å². The maximum absolute atomic E-state index is 11.9. The van der Waals surface area contributed by atoms with E-state index in [-0.39, 0.29) is 54.8 Å². The van der Waals surface area contributed by atoms with E-state index in [1.165, 1.54) is 0 Å². The van der Waals surface area contributed by atoms with E-state index in [1.54, 1.807) is 0 Å². The molecule has 2 aromatic heterocycles. The normalized spacial score (nSPS) is 26.3. The molecule has 2 aromatic rings. The number of aliphatic hydroxyl groups is 2. The Kier molecular flexibility index (Phi) is 10.6. The fourth-order valence-corrected chi connectivity index (χ4v) is 5.73. The Labute approximate surface area is 212 Å². The predicted molar refractivity (Wildman–Crippen MR) is 110 cm³/mol. The molecular formula is C10H16Li2N5O14P3. The van der Waals surface area contributed by atoms with E-state index in [4.69, 9.17) is 25.2 Å². The first kappa shape index (κ1) is 31.7. The molecule has 6 atom stereocenters. The number of hydrogen-bond acceptors (Lipinski definition) is 13. The Hall–Kier alpha value is -0.365. The number of hydrogen-bond donors (Lipinski definition) is 8. The van der Waals surface area contributed by atoms with E-state index in [0.29, 0.717) is 0 Å². The molecule has 0 spiro atoms. The topological polar surface area (TPSA) is 299 Å². The zero-order chi connectivity index (χ0) is 24.1. The van der Waals surface area contributed by atoms with Gasteiger partial charge in [0.25, 0.3) is 5.56 Å². The molecule has 34 heavy (non-hydrogen) atoms. The van der Waals surface area contributed by atoms with Crippen molar-refractivity contribution < 1.29 is 61.4 Å². The van der Waals surface area contributed by atoms with Crippen LogP contribution in [0.3, 0.4) is 0 Å². The summed E-state index contributed by atoms with van der Waals surface area (Å²) in [7, 11) is -16.8. The second-order valence-corrected chi connectivity index (χ2v) is 10.6. The number of fused-ring (bicyclic) bond motifs is 1. The van der Waals surface area contributed by atoms with Crippen molar-refractivity contribution in [2.75, 3.05) is 12.3 Å². The third-order valence-corrected chi connectivity index (χ3v) is 7.68. The van der Waals surface area contributed by atoms with Gasteiger partial charge in [-0.3, -0.25) is 18.9 Å². The van der Waals surface area contributed by atoms with Crippen LogP contribution in [0.4, 0.5) is 5.95 Å². The van der Waals surface area contributed by atoms with Gasteiger partial charge >= 0.3 is 23.5 Å². The van der Waals surface area contributed by atoms with Crippen LogP contribution in [-0.2, 0) is 31.6 Å². The summed E-state index contributed by atoms with van der Waals surface area (Å²) in [5.41, 5.74) is 4.50. The quantitative estimate of drug-likeness (QED) is 0.0696. The number of nitrogens with one attached hydrogen (secondary N) is 1. The monoisotopic (exact) mass is 552 g/mol. The minimum Gasteiger partial charge on any atom is -0.387 e. The number of aliphatic hydroxyl groups excluding tert-OH is 2. The number of ether oxygens (including phenoxy) is 1. The summed E-state index contributed by atoms with van der Waals surface area (Å²) in [6.07, 6.45) is -5.33. The van der Waals surface area contributed by atoms with Crippen LogP contribution in [0.25, 0.3) is 11.2 Å². The number of nitrogens with two attached hydrogens (primary N) is 1. The van der Waals surface area contributed by atoms with Crippen LogP contribution in [0.2, 0.25) is 0 Å². The van der Waals surface area contributed by atoms with Crippen molar-refractivity contribution in [1.82, 2.24) is 19.5 Å². The average Bonchev–Trinajstić information content (AvgIpc) is 3.12. The van der Waals surface area contributed by atoms with Gasteiger partial charge in [-0.25, -0.2) is 18.7 Å². The number of imidazole rings is 1. The van der Waals surface area contributed by atoms with Crippen molar-refractivity contribution in [1.29, 1.82) is 0 Å². The molecule has 2 radical (unpaired) electrons. The average molecular weight is 552 g/mol. The van der Waals surface area contributed by atoms with E-state index >= 15 is 0 Å². The van der Waals surface area contributed by atoms with Crippen LogP contribution in [0.5, 0.6) is 0 Å². The summed E-state index contributed by atoms with van der Waals surface area (Å²) in [5, 5.41) is 20.4. The molecule has 0 bridgehead atoms. The van der Waals surface area contributed by atoms with Gasteiger partial charge in [-0.15, -0.1) is 0 Å². The number of phosphoric acid groups is 3. The number of nitrogen functional groups attached to an aromatic ring is 1. The molecule has 2 unspecified atom stereocenters. The number of aromatic amines is 1. The molecule has 3 rings (SSSR count). The van der Waals surface area contributed by atoms with Gasteiger partial charge in [0.2, 0.25) is 5.95 Å². The zero-order valence-corrected chi connectivity index (χ0v) is 20.0. The molecule has 182 valence electrons. The zero-order valence-electron chi connectivity index (χ0n) is 17.3. The molecular weight excluding hydrogens is 536 g/mol. The molecule has 0 aliphatic carbocycles. The van der Waals surface area contributed by atoms with Gasteiger partial charge in [0.15, 0.2) is 17.4 Å². The molecule has 3 heterocycles. The van der Waals surface area contributed by atoms with Crippen LogP contribution in [0, 0.1) is 0 Å². The second-order valence-electron chi connectivity index (χ2n) is 6.21. The van der Waals surface area contributed by atoms with Crippen LogP contribution < -0.4 is 11.3 Å². The molecule has 1 saturated heterocycles. The van der Waals surface area contributed by atoms with Crippen LogP contribution in [0.1, 0.15) is 6.23 Å². The summed E-state index contributed by atoms with van der Waals surface area (Å²) < 4.78 is 51.6. The molecule has 0 saturated carbocycles. The first-order valence-electron chi connectivity index (χ1n) is 8.11. The van der Waals surface area contributed by atoms with Gasteiger partial charge < -0.3 is 40.3 Å². The maximum atomic E-state index is 11.9. The molecule has 1 fully saturated rings. The third kappa shape index (κ3) is 7.57. The predicted octanol–water partition coefficient (Wildman–Crippen LogP) is -3.10. The Morgan fingerprint density at radius 3 is 2.29 bits per heavy atom. The van der Waals surface area contributed by atoms with E-state index < -0.39 is 60.2 Å². The third-order valence-electron chi connectivity index (χ3n) is 3.88. The SMILES string of the molecule is [15NH2][13c]1[15n][13c]2[13c]([15n][13cH][15n]2[13C@@H]2O[13C@H]([13CH2]OP(=O)(O)OP(=O)(O)OP(=O)(O)O)[13C@@H](O)[13C@H]2O)[13c](=O)[15nH]1.[Li].[Li]. The molecule has 1 aliphatic heterocycles. The van der Waals surface area contributed by atoms with Crippen LogP contribution >= 0.6 is 23.5 Å². The first-order chi connectivity index (χ1) is 14.6. The van der Waals surface area contributed by atoms with Crippen LogP contribution in [0.15, 0.2) is 11.1 Å². The number of nitrogens with zero attached hydrogens (tertiary/aromatic N) is 3. The van der Waals surface area contributed by atoms with Crippen molar-refractivity contribution in [2.24, 2.45) is 0 Å². The molecule has 0 amide bonds. The summed E-state index contributed by atoms with van der Waals surface area (Å²) in [6, 6.07) is 0. The smallest absolute Gasteiger partial charge is 0.387 e. The molecule has 0 aromatic carbocycles. The first-order valence-corrected chi connectivity index (χ1v) is 12.6. The van der Waals surface area contributed by atoms with Crippen molar-refractivity contribution >= 4 is 78.3 Å². The van der Waals surface area contributed by atoms with Crippen LogP contribution in [-0.4, -0.2) is 112 Å². The second kappa shape index (κ2) is 11.4. The number of H-pyrrole nitrogens is 1. The Balaban J connectivity index is 0.00000289. The van der Waals surface area contributed by atoms with E-state index in [2.05, 4.69) is 28.1 Å². The summed E-state index contributed by atoms with van der Waals surface area (Å²) in [5.74, 6) is -0.276. The van der Waals surface area contributed by atoms with E-state index in [9.17, 15) is 33.6 Å². The standard InChI is InChI=1S/C10H16N5O14P3.2Li/c11-10-13-7-4(8(18)14-10)12-2-15(7)9-6(17)5(16)3(27-9)1-26-31(22,23)29-32(24,25)28-30(19,20)21;;/h2-3,5-6,9,16-17H,1H2,(H,22,23)(H,24,25)(H2,19,20,21)(H3,11,13,14,18);;/t3-,5-,6-,9-;;/m1../s1/i1+1,2+1,3+1,4+1,5+1,6+1,7+1,8+1,9+1,10+1,11+1,12+1,13+1,14+1,15+1;;. The number of anilines is 1. The van der Waals surface area contributed by atoms with Gasteiger partial charge in [-0.05, 0) is 0 Å². The number of rotatable bonds is 8. The minimum atomic E-state index is -5.73. The van der Waals surface area contributed by atoms with Crippen molar-refractivity contribution in [2.45, 2.75) is 24.5 Å². The fraction of sp³-hybridized carbons (Fsp3) is 0.500. The van der Waals surface area contributed by atoms with Gasteiger partial charge in [-0.1, -0.05) is 0 Å². The molecule has 9 N–H and O–H groups in total. The summed E-state index contributed by atoms with van der Waals surface area (Å²) in [6.45, 7) is -1.01. The number of aromatic nitrogens is 4. The molecule has 19 nitrogen and oxygen atoms in total. The summed E-state index contributed by atoms with van der Waals surface area (Å²) >= 11 is 0. The van der Waals surface area contributed by atoms with Gasteiger partial charge in [0, 0.05) is 37.7 Å². The van der Waals surface area contributed by atoms with Gasteiger partial charge in [0.1, 0.15) is 18.3 Å². The summed E-state index contributed by atoms with van der Waals surface area (Å²) in [4.78, 5) is 57.3. The molecule has 1 aliphatic rings. The molecule has 24 heteroatoms. The number of phosphoric ester groups is 1. The van der Waals surface area contributed by atoms with Crippen molar-refractivity contribution in [3.8, 4) is 0 Å². The van der Waals surface area contributed by atoms with Crippen molar-refractivity contribution in [3.63, 3.8) is 0 Å². The van der Waals surface area contributed by atoms with Gasteiger partial charge in [0.05, 0.1) is 12.9 Å². The Bertz CT molecular complexity index is 1220. The van der Waals surface area contributed by atoms with Gasteiger partial charge in [-0.2, -0.15) is 13.6 Å².